The molecule has 0 bridgehead atoms. The van der Waals surface area contributed by atoms with Gasteiger partial charge in [0.2, 0.25) is 5.79 Å². The van der Waals surface area contributed by atoms with Crippen LogP contribution in [0.15, 0.2) is 11.1 Å². The first-order valence-electron chi connectivity index (χ1n) is 7.30. The van der Waals surface area contributed by atoms with Gasteiger partial charge in [-0.3, -0.25) is 0 Å². The lowest BCUT2D eigenvalue weighted by molar-refractivity contribution is -0.223. The Bertz CT molecular complexity index is 534. The van der Waals surface area contributed by atoms with Gasteiger partial charge in [0, 0.05) is 23.5 Å². The zero-order valence-corrected chi connectivity index (χ0v) is 11.8. The lowest BCUT2D eigenvalue weighted by Gasteiger charge is -2.54. The maximum atomic E-state index is 11.8. The summed E-state index contributed by atoms with van der Waals surface area (Å²) in [6, 6.07) is 0. The van der Waals surface area contributed by atoms with Crippen molar-refractivity contribution in [1.29, 1.82) is 0 Å². The van der Waals surface area contributed by atoms with E-state index in [2.05, 4.69) is 6.92 Å². The highest BCUT2D eigenvalue weighted by Gasteiger charge is 2.69. The minimum Gasteiger partial charge on any atom is -0.426 e. The van der Waals surface area contributed by atoms with Gasteiger partial charge in [0.1, 0.15) is 0 Å². The number of carbonyl (C=O) groups is 1. The second kappa shape index (κ2) is 3.46. The van der Waals surface area contributed by atoms with Crippen molar-refractivity contribution in [3.05, 3.63) is 11.1 Å². The summed E-state index contributed by atoms with van der Waals surface area (Å²) in [5.41, 5.74) is 0.189. The van der Waals surface area contributed by atoms with Crippen molar-refractivity contribution in [2.75, 3.05) is 6.61 Å². The highest BCUT2D eigenvalue weighted by molar-refractivity contribution is 5.92. The minimum absolute atomic E-state index is 0.0662. The molecule has 0 aromatic rings. The molecule has 1 saturated heterocycles. The van der Waals surface area contributed by atoms with E-state index < -0.39 is 17.9 Å². The quantitative estimate of drug-likeness (QED) is 0.509. The Morgan fingerprint density at radius 2 is 2.05 bits per heavy atom. The van der Waals surface area contributed by atoms with Gasteiger partial charge < -0.3 is 19.7 Å². The highest BCUT2D eigenvalue weighted by atomic mass is 16.7. The second-order valence-electron chi connectivity index (χ2n) is 7.17. The molecule has 2 saturated carbocycles. The zero-order chi connectivity index (χ0) is 14.3. The molecule has 2 heterocycles. The van der Waals surface area contributed by atoms with Crippen LogP contribution in [0, 0.1) is 11.3 Å². The van der Waals surface area contributed by atoms with Gasteiger partial charge in [-0.15, -0.1) is 0 Å². The van der Waals surface area contributed by atoms with Crippen LogP contribution in [0.25, 0.3) is 0 Å². The maximum Gasteiger partial charge on any atom is 0.336 e. The molecule has 2 N–H and O–H groups in total. The molecule has 2 aliphatic carbocycles. The van der Waals surface area contributed by atoms with E-state index in [0.29, 0.717) is 24.2 Å². The largest absolute Gasteiger partial charge is 0.426 e. The van der Waals surface area contributed by atoms with Crippen LogP contribution in [0.1, 0.15) is 39.5 Å². The lowest BCUT2D eigenvalue weighted by atomic mass is 9.53. The van der Waals surface area contributed by atoms with Crippen LogP contribution in [0.2, 0.25) is 0 Å². The molecule has 5 heteroatoms. The fraction of sp³-hybridized carbons (Fsp3) is 0.800. The molecular weight excluding hydrogens is 260 g/mol. The minimum atomic E-state index is -1.63. The molecule has 3 fully saturated rings. The molecule has 4 aliphatic rings. The van der Waals surface area contributed by atoms with Gasteiger partial charge in [-0.25, -0.2) is 4.79 Å². The Kier molecular flexibility index (Phi) is 2.21. The summed E-state index contributed by atoms with van der Waals surface area (Å²) < 4.78 is 10.9. The Hall–Kier alpha value is -0.910. The van der Waals surface area contributed by atoms with E-state index >= 15 is 0 Å². The van der Waals surface area contributed by atoms with Crippen molar-refractivity contribution in [2.24, 2.45) is 11.3 Å². The average molecular weight is 280 g/mol. The number of aliphatic hydroxyl groups excluding tert-OH is 1. The first-order valence-corrected chi connectivity index (χ1v) is 7.30. The zero-order valence-electron chi connectivity index (χ0n) is 11.8. The first-order chi connectivity index (χ1) is 9.31. The van der Waals surface area contributed by atoms with E-state index in [1.807, 2.05) is 0 Å². The Morgan fingerprint density at radius 1 is 1.35 bits per heavy atom. The molecule has 0 amide bonds. The van der Waals surface area contributed by atoms with Crippen molar-refractivity contribution < 1.29 is 24.5 Å². The third kappa shape index (κ3) is 1.36. The summed E-state index contributed by atoms with van der Waals surface area (Å²) in [4.78, 5) is 11.8. The second-order valence-corrected chi connectivity index (χ2v) is 7.17. The lowest BCUT2D eigenvalue weighted by Crippen LogP contribution is -2.59. The molecule has 1 spiro atoms. The standard InChI is InChI=1S/C15H20O5/c1-8-9-10(16)11-13(2,4-3-5-14(11)7-19-14)6-15(9,18)20-12(8)17/h10-11,16,18H,3-7H2,1-2H3/t10-,11+,13+,14-,15-/m1/s1. The number of carbonyl (C=O) groups excluding carboxylic acids is 1. The van der Waals surface area contributed by atoms with Gasteiger partial charge in [-0.2, -0.15) is 0 Å². The number of ether oxygens (including phenoxy) is 2. The maximum absolute atomic E-state index is 11.8. The molecular formula is C15H20O5. The van der Waals surface area contributed by atoms with Gasteiger partial charge in [-0.1, -0.05) is 6.92 Å². The van der Waals surface area contributed by atoms with Crippen LogP contribution < -0.4 is 0 Å². The number of aliphatic hydroxyl groups is 2. The smallest absolute Gasteiger partial charge is 0.336 e. The molecule has 0 aromatic carbocycles. The van der Waals surface area contributed by atoms with E-state index in [0.717, 1.165) is 19.3 Å². The van der Waals surface area contributed by atoms with Crippen molar-refractivity contribution >= 4 is 5.97 Å². The highest BCUT2D eigenvalue weighted by Crippen LogP contribution is 2.63. The molecule has 110 valence electrons. The molecule has 0 unspecified atom stereocenters. The summed E-state index contributed by atoms with van der Waals surface area (Å²) in [6.45, 7) is 4.36. The predicted octanol–water partition coefficient (Wildman–Crippen LogP) is 0.888. The summed E-state index contributed by atoms with van der Waals surface area (Å²) in [6.07, 6.45) is 2.36. The molecule has 5 nitrogen and oxygen atoms in total. The summed E-state index contributed by atoms with van der Waals surface area (Å²) >= 11 is 0. The Labute approximate surface area is 117 Å². The van der Waals surface area contributed by atoms with Crippen molar-refractivity contribution in [1.82, 2.24) is 0 Å². The molecule has 2 aliphatic heterocycles. The summed E-state index contributed by atoms with van der Waals surface area (Å²) in [5, 5.41) is 21.6. The van der Waals surface area contributed by atoms with Crippen LogP contribution in [0.3, 0.4) is 0 Å². The SMILES string of the molecule is CC1=C2[C@@H](O)[C@H]3[C@@](C)(CCC[C@@]34CO4)C[C@@]2(O)OC1=O. The van der Waals surface area contributed by atoms with E-state index in [1.165, 1.54) is 0 Å². The van der Waals surface area contributed by atoms with Gasteiger partial charge >= 0.3 is 5.97 Å². The first kappa shape index (κ1) is 12.8. The molecule has 0 aromatic heterocycles. The summed E-state index contributed by atoms with van der Waals surface area (Å²) in [7, 11) is 0. The van der Waals surface area contributed by atoms with E-state index in [9.17, 15) is 15.0 Å². The van der Waals surface area contributed by atoms with E-state index in [4.69, 9.17) is 9.47 Å². The molecule has 5 atom stereocenters. The third-order valence-corrected chi connectivity index (χ3v) is 5.83. The van der Waals surface area contributed by atoms with Gasteiger partial charge in [0.15, 0.2) is 0 Å². The van der Waals surface area contributed by atoms with Gasteiger partial charge in [-0.05, 0) is 31.6 Å². The van der Waals surface area contributed by atoms with Crippen LogP contribution in [-0.2, 0) is 14.3 Å². The Morgan fingerprint density at radius 3 is 2.70 bits per heavy atom. The fourth-order valence-corrected chi connectivity index (χ4v) is 5.01. The topological polar surface area (TPSA) is 79.3 Å². The fourth-order valence-electron chi connectivity index (χ4n) is 5.01. The van der Waals surface area contributed by atoms with Crippen LogP contribution >= 0.6 is 0 Å². The van der Waals surface area contributed by atoms with E-state index in [1.54, 1.807) is 6.92 Å². The normalized spacial score (nSPS) is 53.7. The monoisotopic (exact) mass is 280 g/mol. The molecule has 20 heavy (non-hydrogen) atoms. The van der Waals surface area contributed by atoms with Crippen LogP contribution in [-0.4, -0.2) is 40.3 Å². The van der Waals surface area contributed by atoms with Gasteiger partial charge in [0.25, 0.3) is 0 Å². The van der Waals surface area contributed by atoms with Crippen LogP contribution in [0.5, 0.6) is 0 Å². The van der Waals surface area contributed by atoms with Crippen LogP contribution in [0.4, 0.5) is 0 Å². The predicted molar refractivity (Wildman–Crippen MR) is 68.5 cm³/mol. The number of fused-ring (bicyclic) bond motifs is 3. The Balaban J connectivity index is 1.85. The van der Waals surface area contributed by atoms with Gasteiger partial charge in [0.05, 0.1) is 18.3 Å². The number of hydrogen-bond donors (Lipinski definition) is 2. The number of rotatable bonds is 0. The van der Waals surface area contributed by atoms with Crippen molar-refractivity contribution in [2.45, 2.75) is 57.0 Å². The number of epoxide rings is 1. The molecule has 4 rings (SSSR count). The molecule has 0 radical (unpaired) electrons. The van der Waals surface area contributed by atoms with Crippen molar-refractivity contribution in [3.63, 3.8) is 0 Å². The third-order valence-electron chi connectivity index (χ3n) is 5.83. The van der Waals surface area contributed by atoms with E-state index in [-0.39, 0.29) is 16.9 Å². The average Bonchev–Trinajstić information content (AvgIpc) is 3.01. The summed E-state index contributed by atoms with van der Waals surface area (Å²) in [5.74, 6) is -2.21. The number of hydrogen-bond acceptors (Lipinski definition) is 5. The number of esters is 1. The van der Waals surface area contributed by atoms with Crippen molar-refractivity contribution in [3.8, 4) is 0 Å².